The predicted molar refractivity (Wildman–Crippen MR) is 84.8 cm³/mol. The SMILES string of the molecule is CCCC(=O)Nc1ccc(Nc2cc(C)cc(C)c2)nn1. The number of nitrogens with one attached hydrogen (secondary N) is 2. The van der Waals surface area contributed by atoms with Crippen molar-refractivity contribution in [2.45, 2.75) is 33.6 Å². The zero-order chi connectivity index (χ0) is 15.2. The molecule has 0 unspecified atom stereocenters. The van der Waals surface area contributed by atoms with E-state index in [9.17, 15) is 4.79 Å². The largest absolute Gasteiger partial charge is 0.339 e. The number of carbonyl (C=O) groups is 1. The van der Waals surface area contributed by atoms with E-state index >= 15 is 0 Å². The number of hydrogen-bond acceptors (Lipinski definition) is 4. The molecule has 2 aromatic rings. The second-order valence-corrected chi connectivity index (χ2v) is 5.10. The molecule has 2 rings (SSSR count). The molecule has 2 N–H and O–H groups in total. The van der Waals surface area contributed by atoms with Crippen molar-refractivity contribution >= 4 is 23.2 Å². The Labute approximate surface area is 124 Å². The second kappa shape index (κ2) is 6.83. The Hall–Kier alpha value is -2.43. The molecule has 1 aromatic carbocycles. The van der Waals surface area contributed by atoms with Crippen LogP contribution in [0.5, 0.6) is 0 Å². The summed E-state index contributed by atoms with van der Waals surface area (Å²) >= 11 is 0. The summed E-state index contributed by atoms with van der Waals surface area (Å²) in [6.45, 7) is 6.06. The number of aromatic nitrogens is 2. The Morgan fingerprint density at radius 3 is 2.24 bits per heavy atom. The summed E-state index contributed by atoms with van der Waals surface area (Å²) in [7, 11) is 0. The van der Waals surface area contributed by atoms with Crippen LogP contribution in [0.25, 0.3) is 0 Å². The topological polar surface area (TPSA) is 66.9 Å². The summed E-state index contributed by atoms with van der Waals surface area (Å²) in [6.07, 6.45) is 1.30. The highest BCUT2D eigenvalue weighted by atomic mass is 16.1. The molecule has 1 heterocycles. The van der Waals surface area contributed by atoms with Gasteiger partial charge in [0.2, 0.25) is 5.91 Å². The van der Waals surface area contributed by atoms with Gasteiger partial charge in [-0.15, -0.1) is 10.2 Å². The predicted octanol–water partition coefficient (Wildman–Crippen LogP) is 3.58. The minimum Gasteiger partial charge on any atom is -0.339 e. The van der Waals surface area contributed by atoms with Gasteiger partial charge in [-0.05, 0) is 55.7 Å². The molecule has 0 saturated heterocycles. The monoisotopic (exact) mass is 284 g/mol. The lowest BCUT2D eigenvalue weighted by Gasteiger charge is -2.08. The maximum Gasteiger partial charge on any atom is 0.225 e. The third kappa shape index (κ3) is 4.56. The fraction of sp³-hybridized carbons (Fsp3) is 0.312. The summed E-state index contributed by atoms with van der Waals surface area (Å²) < 4.78 is 0. The first-order chi connectivity index (χ1) is 10.1. The summed E-state index contributed by atoms with van der Waals surface area (Å²) in [6, 6.07) is 9.75. The van der Waals surface area contributed by atoms with Gasteiger partial charge in [0.05, 0.1) is 0 Å². The smallest absolute Gasteiger partial charge is 0.225 e. The molecule has 0 aliphatic rings. The van der Waals surface area contributed by atoms with Gasteiger partial charge in [-0.3, -0.25) is 4.79 Å². The minimum atomic E-state index is -0.0400. The zero-order valence-electron chi connectivity index (χ0n) is 12.6. The van der Waals surface area contributed by atoms with Crippen molar-refractivity contribution in [3.8, 4) is 0 Å². The first kappa shape index (κ1) is 15.0. The zero-order valence-corrected chi connectivity index (χ0v) is 12.6. The molecule has 5 nitrogen and oxygen atoms in total. The number of hydrogen-bond donors (Lipinski definition) is 2. The van der Waals surface area contributed by atoms with E-state index in [1.54, 1.807) is 12.1 Å². The van der Waals surface area contributed by atoms with Crippen molar-refractivity contribution in [1.29, 1.82) is 0 Å². The summed E-state index contributed by atoms with van der Waals surface area (Å²) in [5, 5.41) is 14.0. The summed E-state index contributed by atoms with van der Waals surface area (Å²) in [5.41, 5.74) is 3.35. The van der Waals surface area contributed by atoms with Crippen LogP contribution in [0.1, 0.15) is 30.9 Å². The molecule has 110 valence electrons. The highest BCUT2D eigenvalue weighted by molar-refractivity contribution is 5.89. The third-order valence-electron chi connectivity index (χ3n) is 2.90. The molecule has 0 spiro atoms. The molecular weight excluding hydrogens is 264 g/mol. The van der Waals surface area contributed by atoms with Crippen molar-refractivity contribution in [3.05, 3.63) is 41.5 Å². The van der Waals surface area contributed by atoms with E-state index in [-0.39, 0.29) is 5.91 Å². The van der Waals surface area contributed by atoms with Crippen molar-refractivity contribution in [3.63, 3.8) is 0 Å². The molecule has 21 heavy (non-hydrogen) atoms. The lowest BCUT2D eigenvalue weighted by molar-refractivity contribution is -0.116. The molecule has 1 aromatic heterocycles. The molecule has 0 bridgehead atoms. The lowest BCUT2D eigenvalue weighted by Crippen LogP contribution is -2.12. The van der Waals surface area contributed by atoms with Gasteiger partial charge in [-0.2, -0.15) is 0 Å². The van der Waals surface area contributed by atoms with Crippen LogP contribution in [0.2, 0.25) is 0 Å². The van der Waals surface area contributed by atoms with Crippen LogP contribution in [-0.2, 0) is 4.79 Å². The quantitative estimate of drug-likeness (QED) is 0.880. The number of amides is 1. The van der Waals surface area contributed by atoms with E-state index in [0.717, 1.165) is 12.1 Å². The Morgan fingerprint density at radius 2 is 1.67 bits per heavy atom. The van der Waals surface area contributed by atoms with Gasteiger partial charge < -0.3 is 10.6 Å². The van der Waals surface area contributed by atoms with Crippen LogP contribution in [-0.4, -0.2) is 16.1 Å². The summed E-state index contributed by atoms with van der Waals surface area (Å²) in [4.78, 5) is 11.5. The van der Waals surface area contributed by atoms with Gasteiger partial charge in [0, 0.05) is 12.1 Å². The molecule has 1 amide bonds. The first-order valence-electron chi connectivity index (χ1n) is 7.05. The Morgan fingerprint density at radius 1 is 1.05 bits per heavy atom. The molecule has 5 heteroatoms. The Kier molecular flexibility index (Phi) is 4.87. The van der Waals surface area contributed by atoms with Crippen LogP contribution in [0, 0.1) is 13.8 Å². The van der Waals surface area contributed by atoms with Gasteiger partial charge in [-0.1, -0.05) is 13.0 Å². The standard InChI is InChI=1S/C16H20N4O/c1-4-5-16(21)18-15-7-6-14(19-20-15)17-13-9-11(2)8-12(3)10-13/h6-10H,4-5H2,1-3H3,(H,17,19)(H,18,20,21). The highest BCUT2D eigenvalue weighted by Crippen LogP contribution is 2.18. The number of rotatable bonds is 5. The van der Waals surface area contributed by atoms with Crippen molar-refractivity contribution in [2.24, 2.45) is 0 Å². The van der Waals surface area contributed by atoms with E-state index < -0.39 is 0 Å². The Bertz CT molecular complexity index is 602. The average Bonchev–Trinajstić information content (AvgIpc) is 2.40. The molecule has 0 saturated carbocycles. The average molecular weight is 284 g/mol. The van der Waals surface area contributed by atoms with Gasteiger partial charge in [0.1, 0.15) is 0 Å². The van der Waals surface area contributed by atoms with Crippen LogP contribution >= 0.6 is 0 Å². The minimum absolute atomic E-state index is 0.0400. The molecule has 0 atom stereocenters. The van der Waals surface area contributed by atoms with E-state index in [1.807, 2.05) is 19.1 Å². The summed E-state index contributed by atoms with van der Waals surface area (Å²) in [5.74, 6) is 1.08. The molecule has 0 aliphatic carbocycles. The van der Waals surface area contributed by atoms with Crippen molar-refractivity contribution < 1.29 is 4.79 Å². The van der Waals surface area contributed by atoms with Crippen LogP contribution < -0.4 is 10.6 Å². The first-order valence-corrected chi connectivity index (χ1v) is 7.05. The van der Waals surface area contributed by atoms with Crippen molar-refractivity contribution in [2.75, 3.05) is 10.6 Å². The number of carbonyl (C=O) groups excluding carboxylic acids is 1. The second-order valence-electron chi connectivity index (χ2n) is 5.10. The van der Waals surface area contributed by atoms with E-state index in [2.05, 4.69) is 40.7 Å². The Balaban J connectivity index is 2.03. The van der Waals surface area contributed by atoms with Crippen LogP contribution in [0.15, 0.2) is 30.3 Å². The van der Waals surface area contributed by atoms with Gasteiger partial charge in [0.25, 0.3) is 0 Å². The van der Waals surface area contributed by atoms with Gasteiger partial charge in [0.15, 0.2) is 11.6 Å². The number of anilines is 3. The maximum atomic E-state index is 11.5. The fourth-order valence-electron chi connectivity index (χ4n) is 2.09. The van der Waals surface area contributed by atoms with Crippen molar-refractivity contribution in [1.82, 2.24) is 10.2 Å². The number of aryl methyl sites for hydroxylation is 2. The van der Waals surface area contributed by atoms with E-state index in [4.69, 9.17) is 0 Å². The highest BCUT2D eigenvalue weighted by Gasteiger charge is 2.03. The van der Waals surface area contributed by atoms with E-state index in [1.165, 1.54) is 11.1 Å². The fourth-order valence-corrected chi connectivity index (χ4v) is 2.09. The normalized spacial score (nSPS) is 10.2. The number of benzene rings is 1. The third-order valence-corrected chi connectivity index (χ3v) is 2.90. The number of nitrogens with zero attached hydrogens (tertiary/aromatic N) is 2. The lowest BCUT2D eigenvalue weighted by atomic mass is 10.1. The molecule has 0 aliphatic heterocycles. The molecule has 0 radical (unpaired) electrons. The van der Waals surface area contributed by atoms with Gasteiger partial charge >= 0.3 is 0 Å². The van der Waals surface area contributed by atoms with Gasteiger partial charge in [-0.25, -0.2) is 0 Å². The van der Waals surface area contributed by atoms with Crippen LogP contribution in [0.4, 0.5) is 17.3 Å². The molecular formula is C16H20N4O. The maximum absolute atomic E-state index is 11.5. The van der Waals surface area contributed by atoms with E-state index in [0.29, 0.717) is 18.1 Å². The van der Waals surface area contributed by atoms with Crippen LogP contribution in [0.3, 0.4) is 0 Å². The molecule has 0 fully saturated rings.